The molecule has 18 heteroatoms. The molecule has 4 aliphatic rings. The lowest BCUT2D eigenvalue weighted by Crippen LogP contribution is -2.54. The first-order valence-corrected chi connectivity index (χ1v) is 25.6. The Morgan fingerprint density at radius 2 is 1.61 bits per heavy atom. The van der Waals surface area contributed by atoms with E-state index < -0.39 is 65.9 Å². The fraction of sp³-hybridized carbons (Fsp3) is 0.660. The summed E-state index contributed by atoms with van der Waals surface area (Å²) >= 11 is 0. The number of amides is 5. The third-order valence-electron chi connectivity index (χ3n) is 15.8. The number of benzene rings is 1. The van der Waals surface area contributed by atoms with Gasteiger partial charge in [-0.05, 0) is 68.3 Å². The third kappa shape index (κ3) is 12.9. The summed E-state index contributed by atoms with van der Waals surface area (Å²) in [5.74, 6) is -5.35. The van der Waals surface area contributed by atoms with Crippen LogP contribution < -0.4 is 0 Å². The lowest BCUT2D eigenvalue weighted by Gasteiger charge is -2.41. The zero-order valence-electron chi connectivity index (χ0n) is 42.8. The predicted octanol–water partition coefficient (Wildman–Crippen LogP) is 4.92. The molecule has 2 saturated heterocycles. The van der Waals surface area contributed by atoms with E-state index in [0.717, 1.165) is 29.7 Å². The highest BCUT2D eigenvalue weighted by atomic mass is 16.5. The lowest BCUT2D eigenvalue weighted by molar-refractivity contribution is -0.150. The third-order valence-corrected chi connectivity index (χ3v) is 15.8. The molecule has 5 amide bonds. The number of ether oxygens (including phenoxy) is 2. The Morgan fingerprint density at radius 3 is 2.24 bits per heavy atom. The topological polar surface area (TPSA) is 219 Å². The number of piperidine rings is 1. The average molecular weight is 986 g/mol. The van der Waals surface area contributed by atoms with Crippen LogP contribution in [0.15, 0.2) is 48.7 Å². The number of aryl methyl sites for hydroxylation is 1. The van der Waals surface area contributed by atoms with Crippen molar-refractivity contribution in [1.29, 1.82) is 0 Å². The second-order valence-electron chi connectivity index (χ2n) is 20.7. The summed E-state index contributed by atoms with van der Waals surface area (Å²) in [7, 11) is 4.77. The fourth-order valence-corrected chi connectivity index (χ4v) is 11.7. The number of aliphatic carboxylic acids is 1. The maximum absolute atomic E-state index is 14.8. The molecule has 1 N–H and O–H groups in total. The second-order valence-corrected chi connectivity index (χ2v) is 20.7. The fourth-order valence-electron chi connectivity index (χ4n) is 11.7. The smallest absolute Gasteiger partial charge is 0.307 e. The Bertz CT molecular complexity index is 2250. The number of methoxy groups -OCH3 is 2. The van der Waals surface area contributed by atoms with Crippen LogP contribution in [0.1, 0.15) is 117 Å². The van der Waals surface area contributed by atoms with Crippen LogP contribution in [0.2, 0.25) is 0 Å². The quantitative estimate of drug-likeness (QED) is 0.118. The Kier molecular flexibility index (Phi) is 19.0. The largest absolute Gasteiger partial charge is 0.481 e. The van der Waals surface area contributed by atoms with Crippen LogP contribution >= 0.6 is 0 Å². The number of nitrogens with zero attached hydrogens (tertiary/aromatic N) is 7. The number of hydrogen-bond acceptors (Lipinski definition) is 12. The normalized spacial score (nSPS) is 22.7. The highest BCUT2D eigenvalue weighted by Gasteiger charge is 2.52. The highest BCUT2D eigenvalue weighted by molar-refractivity contribution is 6.12. The Hall–Kier alpha value is -5.62. The van der Waals surface area contributed by atoms with Gasteiger partial charge in [0.2, 0.25) is 17.7 Å². The van der Waals surface area contributed by atoms with E-state index in [0.29, 0.717) is 44.5 Å². The summed E-state index contributed by atoms with van der Waals surface area (Å²) in [4.78, 5) is 114. The van der Waals surface area contributed by atoms with Crippen molar-refractivity contribution in [1.82, 2.24) is 34.6 Å². The Labute approximate surface area is 417 Å². The van der Waals surface area contributed by atoms with Gasteiger partial charge in [0.1, 0.15) is 11.5 Å². The van der Waals surface area contributed by atoms with Gasteiger partial charge in [0, 0.05) is 83.6 Å². The molecule has 4 heterocycles. The van der Waals surface area contributed by atoms with Crippen LogP contribution in [-0.2, 0) is 67.3 Å². The number of ketones is 2. The van der Waals surface area contributed by atoms with Crippen LogP contribution in [0.3, 0.4) is 0 Å². The summed E-state index contributed by atoms with van der Waals surface area (Å²) in [5, 5.41) is 18.2. The van der Waals surface area contributed by atoms with Gasteiger partial charge in [0.05, 0.1) is 55.4 Å². The second kappa shape index (κ2) is 24.7. The number of Topliss-reactive ketones (excluding diaryl/α,β-unsaturated/α-hetero) is 2. The van der Waals surface area contributed by atoms with Gasteiger partial charge in [-0.2, -0.15) is 0 Å². The van der Waals surface area contributed by atoms with E-state index in [4.69, 9.17) is 9.47 Å². The van der Waals surface area contributed by atoms with Gasteiger partial charge in [-0.25, -0.2) is 0 Å². The molecule has 3 fully saturated rings. The number of fused-ring (bicyclic) bond motifs is 2. The molecule has 71 heavy (non-hydrogen) atoms. The van der Waals surface area contributed by atoms with Gasteiger partial charge in [-0.3, -0.25) is 47.9 Å². The zero-order valence-corrected chi connectivity index (χ0v) is 42.8. The Balaban J connectivity index is 1.08. The van der Waals surface area contributed by atoms with Crippen molar-refractivity contribution in [3.05, 3.63) is 59.9 Å². The molecule has 1 unspecified atom stereocenters. The number of aromatic nitrogens is 3. The van der Waals surface area contributed by atoms with Crippen molar-refractivity contribution in [3.63, 3.8) is 0 Å². The van der Waals surface area contributed by atoms with E-state index >= 15 is 0 Å². The van der Waals surface area contributed by atoms with Crippen LogP contribution in [0, 0.1) is 35.5 Å². The van der Waals surface area contributed by atoms with Crippen LogP contribution in [0.5, 0.6) is 0 Å². The molecule has 1 aliphatic carbocycles. The number of carboxylic acids is 1. The van der Waals surface area contributed by atoms with E-state index in [2.05, 4.69) is 10.3 Å². The first-order chi connectivity index (χ1) is 33.9. The number of rotatable bonds is 27. The van der Waals surface area contributed by atoms with E-state index in [1.807, 2.05) is 58.0 Å². The van der Waals surface area contributed by atoms with Gasteiger partial charge >= 0.3 is 5.97 Å². The first-order valence-electron chi connectivity index (χ1n) is 25.6. The Morgan fingerprint density at radius 1 is 0.901 bits per heavy atom. The molecular weight excluding hydrogens is 911 g/mol. The van der Waals surface area contributed by atoms with Gasteiger partial charge < -0.3 is 29.3 Å². The van der Waals surface area contributed by atoms with Crippen LogP contribution in [0.4, 0.5) is 0 Å². The maximum atomic E-state index is 14.8. The summed E-state index contributed by atoms with van der Waals surface area (Å²) < 4.78 is 13.6. The van der Waals surface area contributed by atoms with Crippen molar-refractivity contribution in [2.75, 3.05) is 27.8 Å². The number of likely N-dealkylation sites (N-methyl/N-ethyl adjacent to an activating group) is 1. The molecule has 3 aliphatic heterocycles. The van der Waals surface area contributed by atoms with Crippen molar-refractivity contribution in [2.45, 2.75) is 161 Å². The minimum absolute atomic E-state index is 0.00197. The van der Waals surface area contributed by atoms with Crippen molar-refractivity contribution in [2.24, 2.45) is 35.5 Å². The molecule has 1 aromatic carbocycles. The molecule has 0 spiro atoms. The molecule has 388 valence electrons. The van der Waals surface area contributed by atoms with Gasteiger partial charge in [-0.15, -0.1) is 5.10 Å². The first kappa shape index (κ1) is 54.7. The summed E-state index contributed by atoms with van der Waals surface area (Å²) in [5.41, 5.74) is 1.28. The number of carbonyl (C=O) groups excluding carboxylic acids is 7. The van der Waals surface area contributed by atoms with Crippen molar-refractivity contribution in [3.8, 4) is 0 Å². The summed E-state index contributed by atoms with van der Waals surface area (Å²) in [6, 6.07) is 7.60. The number of carbonyl (C=O) groups is 8. The molecule has 1 saturated carbocycles. The molecule has 18 nitrogen and oxygen atoms in total. The zero-order chi connectivity index (χ0) is 51.7. The van der Waals surface area contributed by atoms with Crippen molar-refractivity contribution >= 4 is 47.1 Å². The predicted molar refractivity (Wildman–Crippen MR) is 261 cm³/mol. The minimum atomic E-state index is -1.05. The van der Waals surface area contributed by atoms with Crippen molar-refractivity contribution < 1.29 is 52.9 Å². The number of likely N-dealkylation sites (tertiary alicyclic amines) is 2. The highest BCUT2D eigenvalue weighted by Crippen LogP contribution is 2.44. The minimum Gasteiger partial charge on any atom is -0.481 e. The lowest BCUT2D eigenvalue weighted by atomic mass is 9.83. The summed E-state index contributed by atoms with van der Waals surface area (Å²) in [6.07, 6.45) is 7.68. The summed E-state index contributed by atoms with van der Waals surface area (Å²) in [6.45, 7) is 10.5. The molecular formula is C53H75N7O11. The van der Waals surface area contributed by atoms with Gasteiger partial charge in [0.15, 0.2) is 5.78 Å². The van der Waals surface area contributed by atoms with Crippen LogP contribution in [0.25, 0.3) is 0 Å². The molecule has 2 bridgehead atoms. The molecule has 0 radical (unpaired) electrons. The molecule has 1 aromatic heterocycles. The SMILES string of the molecule is CC[C@H](C)[C@@H]([C@@H](CC(=O)N1CCCC1[C@H](OC)[C@@H](C)C(=O)C[C@@H](Cc1ccccc1)C(=O)O)OC)N(C)C(=O)[C@@H](CC(=O)[C@@H]1[C@H]2CC[C@H](C2)N1C(=O)CCCn1cc(CN2C(=O)C=CC2=O)nn1)C(C)C. The number of hydrogen-bond donors (Lipinski definition) is 1. The number of imide groups is 1. The molecule has 2 aromatic rings. The molecule has 11 atom stereocenters. The van der Waals surface area contributed by atoms with E-state index in [-0.39, 0.29) is 91.7 Å². The van der Waals surface area contributed by atoms with Gasteiger partial charge in [0.25, 0.3) is 11.8 Å². The number of carboxylic acid groups (broad SMARTS) is 1. The van der Waals surface area contributed by atoms with E-state index in [1.165, 1.54) is 26.4 Å². The average Bonchev–Trinajstić information content (AvgIpc) is 4.22. The maximum Gasteiger partial charge on any atom is 0.307 e. The monoisotopic (exact) mass is 986 g/mol. The van der Waals surface area contributed by atoms with E-state index in [9.17, 15) is 43.5 Å². The van der Waals surface area contributed by atoms with Gasteiger partial charge in [-0.1, -0.05) is 76.6 Å². The molecule has 6 rings (SSSR count). The van der Waals surface area contributed by atoms with E-state index in [1.54, 1.807) is 39.5 Å². The van der Waals surface area contributed by atoms with Crippen LogP contribution in [-0.4, -0.2) is 151 Å². The standard InChI is InChI=1S/C53H75N7O11/c1-9-33(4)49(44(70-7)29-48(66)58-24-13-17-41(58)51(71-8)34(5)42(61)27-37(53(68)69)25-35-15-11-10-12-16-35)56(6)52(67)40(32(2)3)28-43(62)50-36-19-20-39(26-36)60(50)47(65)18-14-23-57-30-38(54-55-57)31-59-45(63)21-22-46(59)64/h10-12,15-16,21-22,30,32-34,36-37,39-41,44,49-51H,9,13-14,17-20,23-29,31H2,1-8H3,(H,68,69)/t33-,34-,36-,37+,39+,40-,41?,44+,49-,50-,51+/m0/s1.